The summed E-state index contributed by atoms with van der Waals surface area (Å²) in [4.78, 5) is 27.7. The molecule has 1 N–H and O–H groups in total. The molecule has 0 radical (unpaired) electrons. The Morgan fingerprint density at radius 3 is 2.38 bits per heavy atom. The normalized spacial score (nSPS) is 14.2. The molecule has 0 aromatic heterocycles. The lowest BCUT2D eigenvalue weighted by Gasteiger charge is -2.26. The Balaban J connectivity index is 0.00000260. The molecule has 0 amide bonds. The maximum Gasteiger partial charge on any atom is 0.573 e. The standard InChI is InChI=1S/C26H27F5N2O4.C2H6/c1-2-36-25(35)20(24(34)18-14-21(27)23(28)22(15-18)37-26(29,30)31)9-10-32-19-8-6-7-17(13-19)16-33-11-4-3-5-12-33;1-2/h6-9,13-15,32H,2-5,10-12,16H2,1H3;1-2H3/b20-9-;. The van der Waals surface area contributed by atoms with Gasteiger partial charge >= 0.3 is 12.3 Å². The van der Waals surface area contributed by atoms with Gasteiger partial charge in [-0.1, -0.05) is 32.4 Å². The minimum absolute atomic E-state index is 0.0252. The van der Waals surface area contributed by atoms with Gasteiger partial charge in [0.05, 0.1) is 6.61 Å². The number of benzene rings is 2. The number of carbonyl (C=O) groups is 2. The lowest BCUT2D eigenvalue weighted by molar-refractivity contribution is -0.275. The molecule has 1 heterocycles. The molecule has 0 spiro atoms. The molecule has 39 heavy (non-hydrogen) atoms. The summed E-state index contributed by atoms with van der Waals surface area (Å²) in [6, 6.07) is 8.38. The molecule has 1 saturated heterocycles. The zero-order valence-electron chi connectivity index (χ0n) is 22.2. The van der Waals surface area contributed by atoms with Crippen LogP contribution in [0.2, 0.25) is 0 Å². The first kappa shape index (κ1) is 31.7. The van der Waals surface area contributed by atoms with Crippen LogP contribution < -0.4 is 10.1 Å². The van der Waals surface area contributed by atoms with Gasteiger partial charge in [0.25, 0.3) is 0 Å². The topological polar surface area (TPSA) is 67.9 Å². The molecule has 1 fully saturated rings. The number of hydrogen-bond donors (Lipinski definition) is 1. The molecule has 1 aliphatic rings. The minimum atomic E-state index is -5.32. The molecule has 6 nitrogen and oxygen atoms in total. The van der Waals surface area contributed by atoms with Crippen LogP contribution in [-0.4, -0.2) is 49.3 Å². The number of carbonyl (C=O) groups excluding carboxylic acids is 2. The second-order valence-corrected chi connectivity index (χ2v) is 8.40. The van der Waals surface area contributed by atoms with Gasteiger partial charge in [-0.25, -0.2) is 9.18 Å². The van der Waals surface area contributed by atoms with Crippen LogP contribution in [0.1, 0.15) is 56.0 Å². The monoisotopic (exact) mass is 556 g/mol. The number of Topliss-reactive ketones (excluding diaryl/α,β-unsaturated/α-hetero) is 1. The van der Waals surface area contributed by atoms with Crippen molar-refractivity contribution in [2.45, 2.75) is 52.9 Å². The molecule has 0 unspecified atom stereocenters. The van der Waals surface area contributed by atoms with E-state index in [0.717, 1.165) is 43.7 Å². The third-order valence-corrected chi connectivity index (χ3v) is 5.62. The van der Waals surface area contributed by atoms with Crippen LogP contribution in [0, 0.1) is 11.6 Å². The van der Waals surface area contributed by atoms with E-state index in [-0.39, 0.29) is 13.2 Å². The molecule has 214 valence electrons. The van der Waals surface area contributed by atoms with Crippen molar-refractivity contribution in [1.29, 1.82) is 0 Å². The van der Waals surface area contributed by atoms with Crippen LogP contribution >= 0.6 is 0 Å². The van der Waals surface area contributed by atoms with Gasteiger partial charge in [0, 0.05) is 24.3 Å². The van der Waals surface area contributed by atoms with Crippen LogP contribution in [-0.2, 0) is 16.1 Å². The molecule has 0 aliphatic carbocycles. The van der Waals surface area contributed by atoms with Gasteiger partial charge in [-0.05, 0) is 68.8 Å². The Morgan fingerprint density at radius 2 is 1.74 bits per heavy atom. The van der Waals surface area contributed by atoms with E-state index in [1.54, 1.807) is 6.07 Å². The average Bonchev–Trinajstić information content (AvgIpc) is 2.90. The molecule has 2 aromatic carbocycles. The first-order valence-electron chi connectivity index (χ1n) is 12.8. The zero-order valence-corrected chi connectivity index (χ0v) is 22.2. The second kappa shape index (κ2) is 15.2. The highest BCUT2D eigenvalue weighted by Gasteiger charge is 2.34. The van der Waals surface area contributed by atoms with Gasteiger partial charge in [-0.2, -0.15) is 4.39 Å². The summed E-state index contributed by atoms with van der Waals surface area (Å²) in [7, 11) is 0. The number of halogens is 5. The Labute approximate surface area is 224 Å². The molecule has 0 atom stereocenters. The van der Waals surface area contributed by atoms with E-state index in [0.29, 0.717) is 12.1 Å². The van der Waals surface area contributed by atoms with Crippen molar-refractivity contribution >= 4 is 17.4 Å². The van der Waals surface area contributed by atoms with Crippen molar-refractivity contribution in [3.63, 3.8) is 0 Å². The average molecular weight is 557 g/mol. The third-order valence-electron chi connectivity index (χ3n) is 5.62. The van der Waals surface area contributed by atoms with E-state index >= 15 is 0 Å². The van der Waals surface area contributed by atoms with Crippen LogP contribution in [0.25, 0.3) is 0 Å². The molecule has 0 bridgehead atoms. The predicted octanol–water partition coefficient (Wildman–Crippen LogP) is 6.66. The van der Waals surface area contributed by atoms with Crippen LogP contribution in [0.3, 0.4) is 0 Å². The molecule has 11 heteroatoms. The van der Waals surface area contributed by atoms with Crippen LogP contribution in [0.15, 0.2) is 48.0 Å². The van der Waals surface area contributed by atoms with E-state index in [1.807, 2.05) is 32.0 Å². The SMILES string of the molecule is CC.CCOC(=O)/C(=C\CNc1cccc(CN2CCCCC2)c1)C(=O)c1cc(F)c(F)c(OC(F)(F)F)c1. The molecule has 0 saturated carbocycles. The quantitative estimate of drug-likeness (QED) is 0.0882. The number of anilines is 1. The Bertz CT molecular complexity index is 1150. The van der Waals surface area contributed by atoms with Crippen molar-refractivity contribution in [3.05, 3.63) is 70.8 Å². The van der Waals surface area contributed by atoms with E-state index < -0.39 is 46.6 Å². The van der Waals surface area contributed by atoms with Crippen molar-refractivity contribution in [2.24, 2.45) is 0 Å². The number of ether oxygens (including phenoxy) is 2. The number of likely N-dealkylation sites (tertiary alicyclic amines) is 1. The van der Waals surface area contributed by atoms with Crippen molar-refractivity contribution < 1.29 is 41.0 Å². The highest BCUT2D eigenvalue weighted by Crippen LogP contribution is 2.29. The first-order chi connectivity index (χ1) is 18.6. The Morgan fingerprint density at radius 1 is 1.05 bits per heavy atom. The number of nitrogens with zero attached hydrogens (tertiary/aromatic N) is 1. The fourth-order valence-electron chi connectivity index (χ4n) is 3.95. The van der Waals surface area contributed by atoms with Crippen molar-refractivity contribution in [1.82, 2.24) is 4.90 Å². The molecule has 2 aromatic rings. The summed E-state index contributed by atoms with van der Waals surface area (Å²) in [5, 5.41) is 3.06. The van der Waals surface area contributed by atoms with Crippen LogP contribution in [0.4, 0.5) is 27.6 Å². The number of alkyl halides is 3. The van der Waals surface area contributed by atoms with Gasteiger partial charge < -0.3 is 14.8 Å². The first-order valence-corrected chi connectivity index (χ1v) is 12.8. The summed E-state index contributed by atoms with van der Waals surface area (Å²) >= 11 is 0. The lowest BCUT2D eigenvalue weighted by atomic mass is 10.0. The fraction of sp³-hybridized carbons (Fsp3) is 0.429. The summed E-state index contributed by atoms with van der Waals surface area (Å²) < 4.78 is 73.8. The van der Waals surface area contributed by atoms with Gasteiger partial charge in [0.15, 0.2) is 17.3 Å². The smallest absolute Gasteiger partial charge is 0.462 e. The van der Waals surface area contributed by atoms with E-state index in [4.69, 9.17) is 4.74 Å². The molecule has 3 rings (SSSR count). The maximum atomic E-state index is 13.9. The molecular formula is C28H33F5N2O4. The highest BCUT2D eigenvalue weighted by molar-refractivity contribution is 6.24. The largest absolute Gasteiger partial charge is 0.573 e. The Hall–Kier alpha value is -3.47. The number of piperidine rings is 1. The maximum absolute atomic E-state index is 13.9. The minimum Gasteiger partial charge on any atom is -0.462 e. The predicted molar refractivity (Wildman–Crippen MR) is 137 cm³/mol. The summed E-state index contributed by atoms with van der Waals surface area (Å²) in [5.41, 5.74) is 0.537. The second-order valence-electron chi connectivity index (χ2n) is 8.40. The number of hydrogen-bond acceptors (Lipinski definition) is 6. The summed E-state index contributed by atoms with van der Waals surface area (Å²) in [5.74, 6) is -7.39. The van der Waals surface area contributed by atoms with E-state index in [1.165, 1.54) is 19.4 Å². The van der Waals surface area contributed by atoms with Gasteiger partial charge in [0.1, 0.15) is 5.57 Å². The number of nitrogens with one attached hydrogen (secondary N) is 1. The number of rotatable bonds is 10. The summed E-state index contributed by atoms with van der Waals surface area (Å²) in [6.45, 7) is 8.24. The molecule has 1 aliphatic heterocycles. The van der Waals surface area contributed by atoms with Gasteiger partial charge in [-0.3, -0.25) is 9.69 Å². The van der Waals surface area contributed by atoms with Gasteiger partial charge in [-0.15, -0.1) is 13.2 Å². The molecular weight excluding hydrogens is 523 g/mol. The third kappa shape index (κ3) is 9.97. The summed E-state index contributed by atoms with van der Waals surface area (Å²) in [6.07, 6.45) is -0.581. The Kier molecular flexibility index (Phi) is 12.4. The number of ketones is 1. The lowest BCUT2D eigenvalue weighted by Crippen LogP contribution is -2.29. The van der Waals surface area contributed by atoms with E-state index in [2.05, 4.69) is 15.0 Å². The van der Waals surface area contributed by atoms with Crippen molar-refractivity contribution in [2.75, 3.05) is 31.6 Å². The van der Waals surface area contributed by atoms with Crippen LogP contribution in [0.5, 0.6) is 5.75 Å². The van der Waals surface area contributed by atoms with Gasteiger partial charge in [0.2, 0.25) is 5.82 Å². The highest BCUT2D eigenvalue weighted by atomic mass is 19.4. The number of esters is 1. The van der Waals surface area contributed by atoms with Crippen molar-refractivity contribution in [3.8, 4) is 5.75 Å². The fourth-order valence-corrected chi connectivity index (χ4v) is 3.95. The van der Waals surface area contributed by atoms with E-state index in [9.17, 15) is 31.5 Å². The zero-order chi connectivity index (χ0) is 29.0.